The van der Waals surface area contributed by atoms with Crippen molar-refractivity contribution in [1.29, 1.82) is 0 Å². The van der Waals surface area contributed by atoms with Gasteiger partial charge < -0.3 is 10.0 Å². The van der Waals surface area contributed by atoms with Gasteiger partial charge in [-0.25, -0.2) is 0 Å². The number of fused-ring (bicyclic) bond motifs is 1. The maximum Gasteiger partial charge on any atom is 0.433 e. The Hall–Kier alpha value is -3.44. The summed E-state index contributed by atoms with van der Waals surface area (Å²) in [6.45, 7) is -0.562. The SMILES string of the molecule is O=C(CN(C(=O)c1cnn([C@H]2CC[C@H](C(=O)O)CC2)c1C(F)(F)F)C1Cc2ccccc2C1)c1c(Cl)cncc1Cl. The number of aromatic nitrogens is 3. The number of carboxylic acids is 1. The second-order valence-corrected chi connectivity index (χ2v) is 11.2. The topological polar surface area (TPSA) is 105 Å². The van der Waals surface area contributed by atoms with Gasteiger partial charge in [0.05, 0.1) is 45.9 Å². The number of carboxylic acid groups (broad SMARTS) is 1. The zero-order valence-corrected chi connectivity index (χ0v) is 23.1. The number of alkyl halides is 3. The molecule has 0 spiro atoms. The van der Waals surface area contributed by atoms with Gasteiger partial charge in [0.1, 0.15) is 0 Å². The van der Waals surface area contributed by atoms with Gasteiger partial charge in [-0.05, 0) is 49.7 Å². The molecule has 5 rings (SSSR count). The molecule has 1 aromatic carbocycles. The van der Waals surface area contributed by atoms with Gasteiger partial charge in [-0.1, -0.05) is 47.5 Å². The summed E-state index contributed by atoms with van der Waals surface area (Å²) < 4.78 is 44.3. The van der Waals surface area contributed by atoms with Crippen LogP contribution in [0.4, 0.5) is 13.2 Å². The van der Waals surface area contributed by atoms with Gasteiger partial charge in [0.15, 0.2) is 11.5 Å². The van der Waals surface area contributed by atoms with Crippen LogP contribution in [0.15, 0.2) is 42.9 Å². The molecule has 8 nitrogen and oxygen atoms in total. The van der Waals surface area contributed by atoms with Crippen LogP contribution in [0.25, 0.3) is 0 Å². The Bertz CT molecular complexity index is 1460. The summed E-state index contributed by atoms with van der Waals surface area (Å²) in [5.74, 6) is -3.24. The minimum atomic E-state index is -4.93. The Kier molecular flexibility index (Phi) is 8.11. The number of hydrogen-bond donors (Lipinski definition) is 1. The van der Waals surface area contributed by atoms with Crippen molar-refractivity contribution in [2.75, 3.05) is 6.54 Å². The molecule has 1 N–H and O–H groups in total. The summed E-state index contributed by atoms with van der Waals surface area (Å²) in [6, 6.07) is 6.11. The lowest BCUT2D eigenvalue weighted by Crippen LogP contribution is -2.44. The van der Waals surface area contributed by atoms with Crippen LogP contribution in [-0.4, -0.2) is 55.0 Å². The molecule has 1 amide bonds. The summed E-state index contributed by atoms with van der Waals surface area (Å²) in [5.41, 5.74) is -0.0874. The number of rotatable bonds is 7. The summed E-state index contributed by atoms with van der Waals surface area (Å²) in [5, 5.41) is 13.2. The number of carbonyl (C=O) groups excluding carboxylic acids is 2. The number of aliphatic carboxylic acids is 1. The molecule has 2 aliphatic rings. The maximum atomic E-state index is 14.5. The third-order valence-corrected chi connectivity index (χ3v) is 8.44. The first kappa shape index (κ1) is 29.1. The largest absolute Gasteiger partial charge is 0.481 e. The highest BCUT2D eigenvalue weighted by atomic mass is 35.5. The average molecular weight is 609 g/mol. The summed E-state index contributed by atoms with van der Waals surface area (Å²) in [6.07, 6.45) is -0.139. The van der Waals surface area contributed by atoms with E-state index in [9.17, 15) is 32.7 Å². The molecule has 0 bridgehead atoms. The molecule has 1 fully saturated rings. The highest BCUT2D eigenvalue weighted by Gasteiger charge is 2.44. The van der Waals surface area contributed by atoms with E-state index in [-0.39, 0.29) is 41.3 Å². The van der Waals surface area contributed by atoms with Crippen molar-refractivity contribution in [3.8, 4) is 0 Å². The lowest BCUT2D eigenvalue weighted by atomic mass is 9.86. The zero-order valence-electron chi connectivity index (χ0n) is 21.6. The van der Waals surface area contributed by atoms with E-state index in [0.717, 1.165) is 26.9 Å². The lowest BCUT2D eigenvalue weighted by molar-refractivity contribution is -0.147. The van der Waals surface area contributed by atoms with Crippen molar-refractivity contribution in [2.45, 2.75) is 56.8 Å². The summed E-state index contributed by atoms with van der Waals surface area (Å²) >= 11 is 12.3. The monoisotopic (exact) mass is 608 g/mol. The number of ketones is 1. The number of carbonyl (C=O) groups is 3. The van der Waals surface area contributed by atoms with E-state index < -0.39 is 59.6 Å². The molecule has 0 unspecified atom stereocenters. The molecular weight excluding hydrogens is 584 g/mol. The first-order valence-corrected chi connectivity index (χ1v) is 13.8. The highest BCUT2D eigenvalue weighted by Crippen LogP contribution is 2.40. The predicted octanol–water partition coefficient (Wildman–Crippen LogP) is 5.91. The average Bonchev–Trinajstić information content (AvgIpc) is 3.56. The van der Waals surface area contributed by atoms with Gasteiger partial charge in [0, 0.05) is 18.4 Å². The third-order valence-electron chi connectivity index (χ3n) is 7.86. The molecule has 0 aliphatic heterocycles. The first-order chi connectivity index (χ1) is 19.5. The second-order valence-electron chi connectivity index (χ2n) is 10.4. The van der Waals surface area contributed by atoms with Crippen molar-refractivity contribution in [3.05, 3.63) is 80.8 Å². The van der Waals surface area contributed by atoms with E-state index in [1.165, 1.54) is 12.4 Å². The van der Waals surface area contributed by atoms with E-state index in [1.807, 2.05) is 24.3 Å². The van der Waals surface area contributed by atoms with Gasteiger partial charge in [0.25, 0.3) is 5.91 Å². The Morgan fingerprint density at radius 1 is 0.976 bits per heavy atom. The zero-order chi connectivity index (χ0) is 29.5. The fourth-order valence-electron chi connectivity index (χ4n) is 5.83. The van der Waals surface area contributed by atoms with E-state index in [1.54, 1.807) is 0 Å². The minimum Gasteiger partial charge on any atom is -0.481 e. The Balaban J connectivity index is 1.51. The summed E-state index contributed by atoms with van der Waals surface area (Å²) in [4.78, 5) is 43.7. The molecule has 13 heteroatoms. The fourth-order valence-corrected chi connectivity index (χ4v) is 6.41. The number of amides is 1. The molecule has 0 saturated heterocycles. The van der Waals surface area contributed by atoms with Crippen LogP contribution in [-0.2, 0) is 23.8 Å². The molecule has 2 heterocycles. The number of pyridine rings is 1. The number of halogens is 5. The lowest BCUT2D eigenvalue weighted by Gasteiger charge is -2.30. The number of nitrogens with zero attached hydrogens (tertiary/aromatic N) is 4. The van der Waals surface area contributed by atoms with Crippen LogP contribution in [0.2, 0.25) is 10.0 Å². The smallest absolute Gasteiger partial charge is 0.433 e. The predicted molar refractivity (Wildman–Crippen MR) is 143 cm³/mol. The highest BCUT2D eigenvalue weighted by molar-refractivity contribution is 6.39. The molecule has 216 valence electrons. The number of benzene rings is 1. The van der Waals surface area contributed by atoms with Gasteiger partial charge in [-0.2, -0.15) is 18.3 Å². The van der Waals surface area contributed by atoms with Crippen LogP contribution in [0.5, 0.6) is 0 Å². The molecule has 1 saturated carbocycles. The van der Waals surface area contributed by atoms with Crippen molar-refractivity contribution < 1.29 is 32.7 Å². The normalized spacial score (nSPS) is 19.1. The number of Topliss-reactive ketones (excluding diaryl/α,β-unsaturated/α-hetero) is 1. The first-order valence-electron chi connectivity index (χ1n) is 13.0. The fraction of sp³-hybridized carbons (Fsp3) is 0.393. The van der Waals surface area contributed by atoms with Crippen molar-refractivity contribution in [1.82, 2.24) is 19.7 Å². The molecule has 2 aliphatic carbocycles. The number of hydrogen-bond acceptors (Lipinski definition) is 5. The van der Waals surface area contributed by atoms with Crippen LogP contribution in [0, 0.1) is 5.92 Å². The van der Waals surface area contributed by atoms with E-state index in [4.69, 9.17) is 23.2 Å². The summed E-state index contributed by atoms with van der Waals surface area (Å²) in [7, 11) is 0. The van der Waals surface area contributed by atoms with Crippen molar-refractivity contribution in [3.63, 3.8) is 0 Å². The van der Waals surface area contributed by atoms with Crippen LogP contribution >= 0.6 is 23.2 Å². The van der Waals surface area contributed by atoms with E-state index >= 15 is 0 Å². The van der Waals surface area contributed by atoms with E-state index in [2.05, 4.69) is 10.1 Å². The molecule has 41 heavy (non-hydrogen) atoms. The molecule has 2 aromatic heterocycles. The minimum absolute atomic E-state index is 0.0367. The van der Waals surface area contributed by atoms with Crippen molar-refractivity contribution >= 4 is 40.9 Å². The quantitative estimate of drug-likeness (QED) is 0.334. The standard InChI is InChI=1S/C28H25Cl2F3N4O4/c29-21-12-34-13-22(30)24(21)23(38)14-36(19-9-16-3-1-2-4-17(16)10-19)26(39)20-11-35-37(25(20)28(31,32)33)18-7-5-15(6-8-18)27(40)41/h1-4,11-13,15,18-19H,5-10,14H2,(H,40,41)/t15-,18-. The van der Waals surface area contributed by atoms with Crippen LogP contribution in [0.3, 0.4) is 0 Å². The van der Waals surface area contributed by atoms with Gasteiger partial charge >= 0.3 is 12.1 Å². The molecule has 3 aromatic rings. The van der Waals surface area contributed by atoms with E-state index in [0.29, 0.717) is 12.8 Å². The maximum absolute atomic E-state index is 14.5. The van der Waals surface area contributed by atoms with Crippen molar-refractivity contribution in [2.24, 2.45) is 5.92 Å². The third kappa shape index (κ3) is 5.83. The van der Waals surface area contributed by atoms with Gasteiger partial charge in [-0.15, -0.1) is 0 Å². The molecule has 0 radical (unpaired) electrons. The Morgan fingerprint density at radius 2 is 1.56 bits per heavy atom. The molecule has 0 atom stereocenters. The van der Waals surface area contributed by atoms with Gasteiger partial charge in [0.2, 0.25) is 0 Å². The van der Waals surface area contributed by atoms with Crippen LogP contribution in [0.1, 0.15) is 69.3 Å². The molecular formula is C28H25Cl2F3N4O4. The van der Waals surface area contributed by atoms with Crippen LogP contribution < -0.4 is 0 Å². The van der Waals surface area contributed by atoms with Gasteiger partial charge in [-0.3, -0.25) is 24.0 Å². The second kappa shape index (κ2) is 11.4. The Labute approximate surface area is 243 Å². The Morgan fingerprint density at radius 3 is 2.10 bits per heavy atom.